The Kier molecular flexibility index (Phi) is 11.0. The second-order valence-electron chi connectivity index (χ2n) is 9.10. The molecule has 0 aliphatic carbocycles. The van der Waals surface area contributed by atoms with E-state index in [0.717, 1.165) is 38.0 Å². The number of unbranched alkanes of at least 4 members (excludes halogenated alkanes) is 6. The van der Waals surface area contributed by atoms with E-state index in [4.69, 9.17) is 4.74 Å². The van der Waals surface area contributed by atoms with E-state index in [1.54, 1.807) is 0 Å². The summed E-state index contributed by atoms with van der Waals surface area (Å²) >= 11 is 0. The van der Waals surface area contributed by atoms with Gasteiger partial charge in [0.05, 0.1) is 6.61 Å². The number of rotatable bonds is 15. The molecule has 3 aromatic rings. The molecule has 2 nitrogen and oxygen atoms in total. The highest BCUT2D eigenvalue weighted by Gasteiger charge is 2.02. The van der Waals surface area contributed by atoms with Crippen LogP contribution < -0.4 is 4.74 Å². The smallest absolute Gasteiger partial charge is 0.119 e. The Hall–Kier alpha value is -2.61. The molecule has 0 saturated carbocycles. The highest BCUT2D eigenvalue weighted by atomic mass is 16.5. The fourth-order valence-corrected chi connectivity index (χ4v) is 4.17. The summed E-state index contributed by atoms with van der Waals surface area (Å²) in [5.74, 6) is 0.971. The number of hydrogen-bond donors (Lipinski definition) is 0. The molecule has 1 heterocycles. The number of nitrogens with zero attached hydrogens (tertiary/aromatic N) is 1. The van der Waals surface area contributed by atoms with E-state index in [1.165, 1.54) is 72.9 Å². The predicted octanol–water partition coefficient (Wildman–Crippen LogP) is 8.62. The zero-order chi connectivity index (χ0) is 23.1. The molecule has 0 aliphatic rings. The maximum Gasteiger partial charge on any atom is 0.119 e. The molecule has 33 heavy (non-hydrogen) atoms. The average molecular weight is 444 g/mol. The van der Waals surface area contributed by atoms with Crippen LogP contribution in [0.1, 0.15) is 82.0 Å². The number of pyridine rings is 1. The number of benzene rings is 2. The highest BCUT2D eigenvalue weighted by Crippen LogP contribution is 2.23. The summed E-state index contributed by atoms with van der Waals surface area (Å²) in [4.78, 5) is 4.62. The highest BCUT2D eigenvalue weighted by molar-refractivity contribution is 5.64. The summed E-state index contributed by atoms with van der Waals surface area (Å²) < 4.78 is 5.93. The first-order valence-corrected chi connectivity index (χ1v) is 13.0. The third kappa shape index (κ3) is 9.04. The number of ether oxygens (including phenoxy) is 1. The summed E-state index contributed by atoms with van der Waals surface area (Å²) in [5.41, 5.74) is 6.34. The molecule has 0 unspecified atom stereocenters. The van der Waals surface area contributed by atoms with Crippen LogP contribution in [0.3, 0.4) is 0 Å². The molecule has 0 radical (unpaired) electrons. The molecule has 0 amide bonds. The van der Waals surface area contributed by atoms with Gasteiger partial charge in [0.2, 0.25) is 0 Å². The van der Waals surface area contributed by atoms with Crippen molar-refractivity contribution in [3.63, 3.8) is 0 Å². The van der Waals surface area contributed by atoms with Gasteiger partial charge in [-0.05, 0) is 66.1 Å². The van der Waals surface area contributed by atoms with E-state index in [9.17, 15) is 0 Å². The molecule has 0 fully saturated rings. The first kappa shape index (κ1) is 25.0. The van der Waals surface area contributed by atoms with Crippen molar-refractivity contribution in [2.24, 2.45) is 0 Å². The lowest BCUT2D eigenvalue weighted by Crippen LogP contribution is -1.97. The Labute approximate surface area is 201 Å². The quantitative estimate of drug-likeness (QED) is 0.219. The lowest BCUT2D eigenvalue weighted by molar-refractivity contribution is 0.304. The number of aryl methyl sites for hydroxylation is 3. The van der Waals surface area contributed by atoms with Crippen molar-refractivity contribution < 1.29 is 4.74 Å². The van der Waals surface area contributed by atoms with E-state index >= 15 is 0 Å². The second kappa shape index (κ2) is 14.5. The van der Waals surface area contributed by atoms with Gasteiger partial charge < -0.3 is 4.74 Å². The van der Waals surface area contributed by atoms with Crippen LogP contribution in [0.5, 0.6) is 5.75 Å². The average Bonchev–Trinajstić information content (AvgIpc) is 2.86. The zero-order valence-electron chi connectivity index (χ0n) is 20.7. The van der Waals surface area contributed by atoms with E-state index in [1.807, 2.05) is 6.20 Å². The van der Waals surface area contributed by atoms with Crippen LogP contribution in [0.25, 0.3) is 11.1 Å². The molecule has 176 valence electrons. The third-order valence-electron chi connectivity index (χ3n) is 6.25. The van der Waals surface area contributed by atoms with Crippen LogP contribution in [0.4, 0.5) is 0 Å². The number of hydrogen-bond acceptors (Lipinski definition) is 2. The van der Waals surface area contributed by atoms with Gasteiger partial charge >= 0.3 is 0 Å². The summed E-state index contributed by atoms with van der Waals surface area (Å²) in [6.07, 6.45) is 15.5. The van der Waals surface area contributed by atoms with Crippen LogP contribution in [0.15, 0.2) is 66.9 Å². The Morgan fingerprint density at radius 1 is 0.576 bits per heavy atom. The van der Waals surface area contributed by atoms with Crippen LogP contribution in [-0.2, 0) is 19.3 Å². The normalized spacial score (nSPS) is 11.0. The van der Waals surface area contributed by atoms with Gasteiger partial charge in [0.15, 0.2) is 0 Å². The zero-order valence-corrected chi connectivity index (χ0v) is 20.7. The fraction of sp³-hybridized carbons (Fsp3) is 0.452. The standard InChI is InChI=1S/C31H41NO/c1-3-5-6-7-8-9-10-24-33-31-22-18-29(19-23-31)28-16-12-26(13-17-28)14-20-30-21-15-27(11-4-2)25-32-30/h12-13,15-19,21-23,25H,3-11,14,20,24H2,1-2H3. The maximum absolute atomic E-state index is 5.93. The van der Waals surface area contributed by atoms with Crippen LogP contribution >= 0.6 is 0 Å². The maximum atomic E-state index is 5.93. The first-order chi connectivity index (χ1) is 16.3. The largest absolute Gasteiger partial charge is 0.494 e. The number of aromatic nitrogens is 1. The predicted molar refractivity (Wildman–Crippen MR) is 141 cm³/mol. The van der Waals surface area contributed by atoms with Gasteiger partial charge in [0.25, 0.3) is 0 Å². The summed E-state index contributed by atoms with van der Waals surface area (Å²) in [6, 6.07) is 21.8. The fourth-order valence-electron chi connectivity index (χ4n) is 4.17. The summed E-state index contributed by atoms with van der Waals surface area (Å²) in [6.45, 7) is 5.29. The molecule has 0 atom stereocenters. The van der Waals surface area contributed by atoms with Gasteiger partial charge in [-0.3, -0.25) is 4.98 Å². The van der Waals surface area contributed by atoms with Crippen molar-refractivity contribution >= 4 is 0 Å². The van der Waals surface area contributed by atoms with Gasteiger partial charge in [-0.15, -0.1) is 0 Å². The van der Waals surface area contributed by atoms with Crippen molar-refractivity contribution in [1.82, 2.24) is 4.98 Å². The Morgan fingerprint density at radius 3 is 1.85 bits per heavy atom. The van der Waals surface area contributed by atoms with E-state index in [-0.39, 0.29) is 0 Å². The molecule has 1 aromatic heterocycles. The van der Waals surface area contributed by atoms with E-state index in [2.05, 4.69) is 79.5 Å². The molecular weight excluding hydrogens is 402 g/mol. The SMILES string of the molecule is CCCCCCCCCOc1ccc(-c2ccc(CCc3ccc(CCC)cn3)cc2)cc1. The van der Waals surface area contributed by atoms with E-state index in [0.29, 0.717) is 0 Å². The summed E-state index contributed by atoms with van der Waals surface area (Å²) in [7, 11) is 0. The minimum atomic E-state index is 0.817. The first-order valence-electron chi connectivity index (χ1n) is 13.0. The third-order valence-corrected chi connectivity index (χ3v) is 6.25. The van der Waals surface area contributed by atoms with Crippen molar-refractivity contribution in [2.45, 2.75) is 84.5 Å². The molecule has 0 saturated heterocycles. The Balaban J connectivity index is 1.40. The van der Waals surface area contributed by atoms with Gasteiger partial charge in [-0.25, -0.2) is 0 Å². The molecular formula is C31H41NO. The second-order valence-corrected chi connectivity index (χ2v) is 9.10. The lowest BCUT2D eigenvalue weighted by Gasteiger charge is -2.08. The monoisotopic (exact) mass is 443 g/mol. The molecule has 0 N–H and O–H groups in total. The van der Waals surface area contributed by atoms with Gasteiger partial charge in [0, 0.05) is 11.9 Å². The molecule has 2 aromatic carbocycles. The lowest BCUT2D eigenvalue weighted by atomic mass is 10.0. The molecule has 0 spiro atoms. The minimum absolute atomic E-state index is 0.817. The molecule has 0 aliphatic heterocycles. The van der Waals surface area contributed by atoms with Gasteiger partial charge in [0.1, 0.15) is 5.75 Å². The summed E-state index contributed by atoms with van der Waals surface area (Å²) in [5, 5.41) is 0. The van der Waals surface area contributed by atoms with Crippen molar-refractivity contribution in [3.05, 3.63) is 83.7 Å². The van der Waals surface area contributed by atoms with E-state index < -0.39 is 0 Å². The van der Waals surface area contributed by atoms with Crippen LogP contribution in [0.2, 0.25) is 0 Å². The topological polar surface area (TPSA) is 22.1 Å². The molecule has 0 bridgehead atoms. The molecule has 3 rings (SSSR count). The van der Waals surface area contributed by atoms with Crippen molar-refractivity contribution in [3.8, 4) is 16.9 Å². The molecule has 2 heteroatoms. The van der Waals surface area contributed by atoms with Crippen molar-refractivity contribution in [1.29, 1.82) is 0 Å². The Bertz CT molecular complexity index is 897. The van der Waals surface area contributed by atoms with Crippen molar-refractivity contribution in [2.75, 3.05) is 6.61 Å². The minimum Gasteiger partial charge on any atom is -0.494 e. The van der Waals surface area contributed by atoms with Gasteiger partial charge in [-0.2, -0.15) is 0 Å². The van der Waals surface area contributed by atoms with Gasteiger partial charge in [-0.1, -0.05) is 101 Å². The van der Waals surface area contributed by atoms with Crippen LogP contribution in [0, 0.1) is 0 Å². The Morgan fingerprint density at radius 2 is 1.21 bits per heavy atom. The van der Waals surface area contributed by atoms with Crippen LogP contribution in [-0.4, -0.2) is 11.6 Å².